The zero-order valence-corrected chi connectivity index (χ0v) is 18.0. The summed E-state index contributed by atoms with van der Waals surface area (Å²) in [5.41, 5.74) is 2.03. The van der Waals surface area contributed by atoms with E-state index >= 15 is 0 Å². The number of aromatic nitrogens is 1. The van der Waals surface area contributed by atoms with Crippen LogP contribution in [0.3, 0.4) is 0 Å². The minimum Gasteiger partial charge on any atom is -0.477 e. The number of hydrogen-bond donors (Lipinski definition) is 1. The number of unbranched alkanes of at least 4 members (excludes halogenated alkanes) is 7. The van der Waals surface area contributed by atoms with Gasteiger partial charge in [0, 0.05) is 24.7 Å². The second-order valence-corrected chi connectivity index (χ2v) is 7.93. The molecule has 162 valence electrons. The zero-order chi connectivity index (χ0) is 21.6. The number of aryl methyl sites for hydroxylation is 2. The largest absolute Gasteiger partial charge is 0.477 e. The normalized spacial score (nSPS) is 10.8. The molecular weight excluding hydrogens is 374 g/mol. The summed E-state index contributed by atoms with van der Waals surface area (Å²) in [4.78, 5) is 24.1. The van der Waals surface area contributed by atoms with Gasteiger partial charge in [0.25, 0.3) is 0 Å². The first-order valence-corrected chi connectivity index (χ1v) is 11.2. The van der Waals surface area contributed by atoms with E-state index in [0.29, 0.717) is 18.5 Å². The van der Waals surface area contributed by atoms with E-state index in [1.165, 1.54) is 30.9 Å². The molecule has 1 aromatic carbocycles. The van der Waals surface area contributed by atoms with Crippen LogP contribution in [0, 0.1) is 0 Å². The van der Waals surface area contributed by atoms with Crippen molar-refractivity contribution >= 4 is 11.8 Å². The zero-order valence-electron chi connectivity index (χ0n) is 18.0. The molecular formula is C26H35NO3. The summed E-state index contributed by atoms with van der Waals surface area (Å²) in [5.74, 6) is -0.927. The van der Waals surface area contributed by atoms with E-state index in [1.807, 2.05) is 24.3 Å². The third-order valence-corrected chi connectivity index (χ3v) is 5.46. The highest BCUT2D eigenvalue weighted by atomic mass is 16.4. The minimum atomic E-state index is -0.975. The van der Waals surface area contributed by atoms with Gasteiger partial charge in [-0.1, -0.05) is 62.1 Å². The Kier molecular flexibility index (Phi) is 10.7. The maximum Gasteiger partial charge on any atom is 0.352 e. The number of hydrogen-bond acceptors (Lipinski definition) is 2. The van der Waals surface area contributed by atoms with Crippen LogP contribution in [-0.4, -0.2) is 21.4 Å². The smallest absolute Gasteiger partial charge is 0.352 e. The lowest BCUT2D eigenvalue weighted by Crippen LogP contribution is -2.07. The van der Waals surface area contributed by atoms with Crippen LogP contribution in [0.4, 0.5) is 0 Å². The first kappa shape index (κ1) is 23.7. The summed E-state index contributed by atoms with van der Waals surface area (Å²) in [6.07, 6.45) is 14.8. The lowest BCUT2D eigenvalue weighted by molar-refractivity contribution is 0.0684. The number of nitrogens with zero attached hydrogens (tertiary/aromatic N) is 1. The molecule has 4 nitrogen and oxygen atoms in total. The van der Waals surface area contributed by atoms with E-state index in [2.05, 4.69) is 18.7 Å². The number of carboxylic acids is 1. The first-order chi connectivity index (χ1) is 14.6. The van der Waals surface area contributed by atoms with Gasteiger partial charge in [-0.05, 0) is 50.2 Å². The maximum absolute atomic E-state index is 12.5. The number of rotatable bonds is 16. The molecule has 0 saturated carbocycles. The number of benzene rings is 1. The van der Waals surface area contributed by atoms with Gasteiger partial charge in [-0.25, -0.2) is 4.79 Å². The van der Waals surface area contributed by atoms with E-state index in [-0.39, 0.29) is 11.5 Å². The average molecular weight is 410 g/mol. The van der Waals surface area contributed by atoms with Gasteiger partial charge in [0.2, 0.25) is 0 Å². The van der Waals surface area contributed by atoms with E-state index < -0.39 is 5.97 Å². The summed E-state index contributed by atoms with van der Waals surface area (Å²) in [6, 6.07) is 11.8. The summed E-state index contributed by atoms with van der Waals surface area (Å²) in [6.45, 7) is 4.35. The fourth-order valence-corrected chi connectivity index (χ4v) is 3.71. The molecule has 0 atom stereocenters. The van der Waals surface area contributed by atoms with Gasteiger partial charge in [-0.3, -0.25) is 4.79 Å². The number of carbonyl (C=O) groups excluding carboxylic acids is 1. The SMILES string of the molecule is C=CCCCCCCCCC(=O)c1cc(C(=O)O)n(CCCCc2ccccc2)c1. The Bertz CT molecular complexity index is 792. The van der Waals surface area contributed by atoms with Crippen molar-refractivity contribution in [3.05, 3.63) is 72.1 Å². The molecule has 2 aromatic rings. The van der Waals surface area contributed by atoms with Gasteiger partial charge in [0.15, 0.2) is 5.78 Å². The number of carbonyl (C=O) groups is 2. The molecule has 1 heterocycles. The Morgan fingerprint density at radius 3 is 2.33 bits per heavy atom. The number of ketones is 1. The van der Waals surface area contributed by atoms with E-state index in [0.717, 1.165) is 44.9 Å². The van der Waals surface area contributed by atoms with Crippen molar-refractivity contribution in [2.24, 2.45) is 0 Å². The van der Waals surface area contributed by atoms with Crippen LogP contribution in [0.1, 0.15) is 90.6 Å². The predicted molar refractivity (Wildman–Crippen MR) is 122 cm³/mol. The van der Waals surface area contributed by atoms with Crippen molar-refractivity contribution in [3.8, 4) is 0 Å². The van der Waals surface area contributed by atoms with Gasteiger partial charge in [-0.2, -0.15) is 0 Å². The second kappa shape index (κ2) is 13.6. The standard InChI is InChI=1S/C26H35NO3/c1-2-3-4-5-6-7-8-12-18-25(28)23-20-24(26(29)30)27(21-23)19-14-13-17-22-15-10-9-11-16-22/h2,9-11,15-16,20-21H,1,3-8,12-14,17-19H2,(H,29,30). The minimum absolute atomic E-state index is 0.0483. The maximum atomic E-state index is 12.5. The molecule has 0 aliphatic rings. The Balaban J connectivity index is 1.75. The van der Waals surface area contributed by atoms with Crippen LogP contribution >= 0.6 is 0 Å². The third kappa shape index (κ3) is 8.40. The Labute approximate surface area is 180 Å². The van der Waals surface area contributed by atoms with Crippen molar-refractivity contribution in [1.29, 1.82) is 0 Å². The van der Waals surface area contributed by atoms with Crippen molar-refractivity contribution in [2.75, 3.05) is 0 Å². The number of aromatic carboxylic acids is 1. The molecule has 0 amide bonds. The fraction of sp³-hybridized carbons (Fsp3) is 0.462. The van der Waals surface area contributed by atoms with Gasteiger partial charge >= 0.3 is 5.97 Å². The molecule has 0 aliphatic heterocycles. The summed E-state index contributed by atoms with van der Waals surface area (Å²) < 4.78 is 1.72. The van der Waals surface area contributed by atoms with E-state index in [1.54, 1.807) is 10.8 Å². The third-order valence-electron chi connectivity index (χ3n) is 5.46. The van der Waals surface area contributed by atoms with Gasteiger partial charge < -0.3 is 9.67 Å². The van der Waals surface area contributed by atoms with Crippen LogP contribution in [0.25, 0.3) is 0 Å². The molecule has 4 heteroatoms. The van der Waals surface area contributed by atoms with Gasteiger partial charge in [0.05, 0.1) is 0 Å². The van der Waals surface area contributed by atoms with Crippen molar-refractivity contribution in [1.82, 2.24) is 4.57 Å². The molecule has 0 aliphatic carbocycles. The van der Waals surface area contributed by atoms with Gasteiger partial charge in [-0.15, -0.1) is 6.58 Å². The van der Waals surface area contributed by atoms with Gasteiger partial charge in [0.1, 0.15) is 5.69 Å². The lowest BCUT2D eigenvalue weighted by Gasteiger charge is -2.06. The van der Waals surface area contributed by atoms with E-state index in [4.69, 9.17) is 0 Å². The molecule has 0 saturated heterocycles. The van der Waals surface area contributed by atoms with E-state index in [9.17, 15) is 14.7 Å². The molecule has 0 radical (unpaired) electrons. The van der Waals surface area contributed by atoms with Crippen LogP contribution in [0.2, 0.25) is 0 Å². The quantitative estimate of drug-likeness (QED) is 0.191. The Morgan fingerprint density at radius 2 is 1.63 bits per heavy atom. The topological polar surface area (TPSA) is 59.3 Å². The van der Waals surface area contributed by atoms with Crippen LogP contribution in [-0.2, 0) is 13.0 Å². The number of allylic oxidation sites excluding steroid dienone is 1. The highest BCUT2D eigenvalue weighted by Crippen LogP contribution is 2.16. The van der Waals surface area contributed by atoms with Crippen molar-refractivity contribution < 1.29 is 14.7 Å². The molecule has 0 spiro atoms. The molecule has 1 N–H and O–H groups in total. The Morgan fingerprint density at radius 1 is 0.933 bits per heavy atom. The number of Topliss-reactive ketones (excluding diaryl/α,β-unsaturated/α-hetero) is 1. The van der Waals surface area contributed by atoms with Crippen molar-refractivity contribution in [2.45, 2.75) is 77.2 Å². The molecule has 2 rings (SSSR count). The molecule has 0 fully saturated rings. The molecule has 0 bridgehead atoms. The molecule has 1 aromatic heterocycles. The molecule has 30 heavy (non-hydrogen) atoms. The first-order valence-electron chi connectivity index (χ1n) is 11.2. The van der Waals surface area contributed by atoms with Crippen LogP contribution < -0.4 is 0 Å². The van der Waals surface area contributed by atoms with Crippen LogP contribution in [0.15, 0.2) is 55.3 Å². The number of carboxylic acid groups (broad SMARTS) is 1. The molecule has 0 unspecified atom stereocenters. The van der Waals surface area contributed by atoms with Crippen LogP contribution in [0.5, 0.6) is 0 Å². The summed E-state index contributed by atoms with van der Waals surface area (Å²) in [5, 5.41) is 9.49. The Hall–Kier alpha value is -2.62. The highest BCUT2D eigenvalue weighted by molar-refractivity contribution is 5.98. The average Bonchev–Trinajstić information content (AvgIpc) is 3.18. The lowest BCUT2D eigenvalue weighted by atomic mass is 10.0. The highest BCUT2D eigenvalue weighted by Gasteiger charge is 2.16. The summed E-state index contributed by atoms with van der Waals surface area (Å²) in [7, 11) is 0. The summed E-state index contributed by atoms with van der Waals surface area (Å²) >= 11 is 0. The monoisotopic (exact) mass is 409 g/mol. The van der Waals surface area contributed by atoms with Crippen molar-refractivity contribution in [3.63, 3.8) is 0 Å². The second-order valence-electron chi connectivity index (χ2n) is 7.93. The fourth-order valence-electron chi connectivity index (χ4n) is 3.71. The predicted octanol–water partition coefficient (Wildman–Crippen LogP) is 6.70.